The van der Waals surface area contributed by atoms with Gasteiger partial charge in [0, 0.05) is 18.6 Å². The molecular formula is C15H24N2O. The molecule has 0 spiro atoms. The van der Waals surface area contributed by atoms with Gasteiger partial charge in [-0.2, -0.15) is 0 Å². The average molecular weight is 248 g/mol. The van der Waals surface area contributed by atoms with Crippen LogP contribution in [0.3, 0.4) is 0 Å². The molecule has 1 aromatic rings. The number of phenolic OH excluding ortho intramolecular Hbond substituents is 1. The Labute approximate surface area is 110 Å². The normalized spacial score (nSPS) is 22.9. The highest BCUT2D eigenvalue weighted by atomic mass is 16.3. The molecule has 2 N–H and O–H groups in total. The molecule has 1 aromatic carbocycles. The summed E-state index contributed by atoms with van der Waals surface area (Å²) < 4.78 is 0. The van der Waals surface area contributed by atoms with E-state index in [4.69, 9.17) is 0 Å². The van der Waals surface area contributed by atoms with Gasteiger partial charge in [0.25, 0.3) is 0 Å². The molecule has 3 heteroatoms. The van der Waals surface area contributed by atoms with Gasteiger partial charge in [0.05, 0.1) is 0 Å². The maximum Gasteiger partial charge on any atom is 0.115 e. The van der Waals surface area contributed by atoms with Crippen molar-refractivity contribution < 1.29 is 5.11 Å². The predicted molar refractivity (Wildman–Crippen MR) is 74.8 cm³/mol. The van der Waals surface area contributed by atoms with E-state index in [1.165, 1.54) is 24.9 Å². The zero-order valence-corrected chi connectivity index (χ0v) is 11.4. The van der Waals surface area contributed by atoms with Crippen LogP contribution in [0.15, 0.2) is 24.3 Å². The molecule has 1 aliphatic heterocycles. The van der Waals surface area contributed by atoms with Gasteiger partial charge in [-0.05, 0) is 50.6 Å². The quantitative estimate of drug-likeness (QED) is 0.859. The number of nitrogens with one attached hydrogen (secondary N) is 1. The zero-order valence-electron chi connectivity index (χ0n) is 11.4. The second-order valence-electron chi connectivity index (χ2n) is 5.32. The Bertz CT molecular complexity index is 363. The van der Waals surface area contributed by atoms with Crippen molar-refractivity contribution >= 4 is 0 Å². The molecule has 18 heavy (non-hydrogen) atoms. The molecule has 100 valence electrons. The Morgan fingerprint density at radius 1 is 1.39 bits per heavy atom. The maximum atomic E-state index is 9.34. The summed E-state index contributed by atoms with van der Waals surface area (Å²) in [6, 6.07) is 8.55. The number of nitrogens with zero attached hydrogens (tertiary/aromatic N) is 1. The lowest BCUT2D eigenvalue weighted by Gasteiger charge is -2.33. The molecule has 3 nitrogen and oxygen atoms in total. The second-order valence-corrected chi connectivity index (χ2v) is 5.32. The van der Waals surface area contributed by atoms with Crippen molar-refractivity contribution in [3.05, 3.63) is 29.8 Å². The van der Waals surface area contributed by atoms with Crippen molar-refractivity contribution in [2.75, 3.05) is 20.1 Å². The first kappa shape index (κ1) is 13.4. The highest BCUT2D eigenvalue weighted by Gasteiger charge is 2.20. The summed E-state index contributed by atoms with van der Waals surface area (Å²) in [7, 11) is 2.19. The topological polar surface area (TPSA) is 35.5 Å². The van der Waals surface area contributed by atoms with E-state index < -0.39 is 0 Å². The third-order valence-corrected chi connectivity index (χ3v) is 3.77. The van der Waals surface area contributed by atoms with E-state index in [1.54, 1.807) is 12.1 Å². The lowest BCUT2D eigenvalue weighted by atomic mass is 10.00. The first-order chi connectivity index (χ1) is 8.69. The number of benzene rings is 1. The zero-order chi connectivity index (χ0) is 13.0. The van der Waals surface area contributed by atoms with Crippen LogP contribution in [0.2, 0.25) is 0 Å². The van der Waals surface area contributed by atoms with Crippen LogP contribution in [0.4, 0.5) is 0 Å². The van der Waals surface area contributed by atoms with E-state index in [9.17, 15) is 5.11 Å². The SMILES string of the molecule is CCC(NC1CCCN(C)C1)c1ccc(O)cc1. The molecule has 1 saturated heterocycles. The Morgan fingerprint density at radius 2 is 2.11 bits per heavy atom. The van der Waals surface area contributed by atoms with E-state index in [0.29, 0.717) is 17.8 Å². The molecule has 0 aliphatic carbocycles. The summed E-state index contributed by atoms with van der Waals surface area (Å²) in [6.45, 7) is 4.56. The standard InChI is InChI=1S/C15H24N2O/c1-3-15(12-6-8-14(18)9-7-12)16-13-5-4-10-17(2)11-13/h6-9,13,15-16,18H,3-5,10-11H2,1-2H3. The van der Waals surface area contributed by atoms with E-state index in [2.05, 4.69) is 24.2 Å². The fourth-order valence-electron chi connectivity index (χ4n) is 2.74. The van der Waals surface area contributed by atoms with Crippen LogP contribution in [0.1, 0.15) is 37.8 Å². The van der Waals surface area contributed by atoms with Crippen LogP contribution < -0.4 is 5.32 Å². The third-order valence-electron chi connectivity index (χ3n) is 3.77. The fourth-order valence-corrected chi connectivity index (χ4v) is 2.74. The van der Waals surface area contributed by atoms with Crippen LogP contribution in [-0.4, -0.2) is 36.2 Å². The minimum atomic E-state index is 0.339. The number of likely N-dealkylation sites (N-methyl/N-ethyl adjacent to an activating group) is 1. The Morgan fingerprint density at radius 3 is 2.72 bits per heavy atom. The molecule has 2 atom stereocenters. The van der Waals surface area contributed by atoms with Crippen molar-refractivity contribution in [3.63, 3.8) is 0 Å². The van der Waals surface area contributed by atoms with Crippen molar-refractivity contribution in [2.24, 2.45) is 0 Å². The molecule has 2 unspecified atom stereocenters. The van der Waals surface area contributed by atoms with Crippen LogP contribution >= 0.6 is 0 Å². The summed E-state index contributed by atoms with van der Waals surface area (Å²) in [4.78, 5) is 2.39. The molecule has 0 bridgehead atoms. The number of hydrogen-bond donors (Lipinski definition) is 2. The summed E-state index contributed by atoms with van der Waals surface area (Å²) >= 11 is 0. The van der Waals surface area contributed by atoms with Gasteiger partial charge in [0.1, 0.15) is 5.75 Å². The molecule has 2 rings (SSSR count). The monoisotopic (exact) mass is 248 g/mol. The van der Waals surface area contributed by atoms with Crippen LogP contribution in [0.5, 0.6) is 5.75 Å². The van der Waals surface area contributed by atoms with Crippen molar-refractivity contribution in [1.29, 1.82) is 0 Å². The van der Waals surface area contributed by atoms with E-state index in [-0.39, 0.29) is 0 Å². The largest absolute Gasteiger partial charge is 0.508 e. The molecule has 1 fully saturated rings. The first-order valence-electron chi connectivity index (χ1n) is 6.92. The van der Waals surface area contributed by atoms with Crippen LogP contribution in [-0.2, 0) is 0 Å². The van der Waals surface area contributed by atoms with E-state index in [1.807, 2.05) is 12.1 Å². The Hall–Kier alpha value is -1.06. The number of rotatable bonds is 4. The minimum absolute atomic E-state index is 0.339. The molecule has 0 radical (unpaired) electrons. The molecule has 0 amide bonds. The third kappa shape index (κ3) is 3.47. The van der Waals surface area contributed by atoms with Crippen molar-refractivity contribution in [3.8, 4) is 5.75 Å². The highest BCUT2D eigenvalue weighted by Crippen LogP contribution is 2.21. The molecular weight excluding hydrogens is 224 g/mol. The highest BCUT2D eigenvalue weighted by molar-refractivity contribution is 5.28. The van der Waals surface area contributed by atoms with Gasteiger partial charge in [-0.3, -0.25) is 0 Å². The average Bonchev–Trinajstić information content (AvgIpc) is 2.37. The molecule has 1 heterocycles. The summed E-state index contributed by atoms with van der Waals surface area (Å²) in [5.41, 5.74) is 1.27. The molecule has 1 aliphatic rings. The van der Waals surface area contributed by atoms with E-state index in [0.717, 1.165) is 13.0 Å². The predicted octanol–water partition coefficient (Wildman–Crippen LogP) is 2.53. The summed E-state index contributed by atoms with van der Waals surface area (Å²) in [5, 5.41) is 13.1. The first-order valence-corrected chi connectivity index (χ1v) is 6.92. The Balaban J connectivity index is 1.98. The lowest BCUT2D eigenvalue weighted by Crippen LogP contribution is -2.45. The van der Waals surface area contributed by atoms with Gasteiger partial charge in [-0.15, -0.1) is 0 Å². The van der Waals surface area contributed by atoms with E-state index >= 15 is 0 Å². The number of hydrogen-bond acceptors (Lipinski definition) is 3. The fraction of sp³-hybridized carbons (Fsp3) is 0.600. The van der Waals surface area contributed by atoms with Gasteiger partial charge in [-0.25, -0.2) is 0 Å². The van der Waals surface area contributed by atoms with Crippen molar-refractivity contribution in [1.82, 2.24) is 10.2 Å². The van der Waals surface area contributed by atoms with Gasteiger partial charge in [0.15, 0.2) is 0 Å². The van der Waals surface area contributed by atoms with Crippen LogP contribution in [0.25, 0.3) is 0 Å². The Kier molecular flexibility index (Phi) is 4.61. The molecule has 0 aromatic heterocycles. The van der Waals surface area contributed by atoms with Gasteiger partial charge in [0.2, 0.25) is 0 Å². The van der Waals surface area contributed by atoms with Gasteiger partial charge in [-0.1, -0.05) is 19.1 Å². The number of piperidine rings is 1. The number of likely N-dealkylation sites (tertiary alicyclic amines) is 1. The second kappa shape index (κ2) is 6.21. The summed E-state index contributed by atoms with van der Waals surface area (Å²) in [6.07, 6.45) is 3.62. The molecule has 0 saturated carbocycles. The lowest BCUT2D eigenvalue weighted by molar-refractivity contribution is 0.215. The minimum Gasteiger partial charge on any atom is -0.508 e. The van der Waals surface area contributed by atoms with Crippen molar-refractivity contribution in [2.45, 2.75) is 38.3 Å². The van der Waals surface area contributed by atoms with Gasteiger partial charge >= 0.3 is 0 Å². The number of phenols is 1. The van der Waals surface area contributed by atoms with Gasteiger partial charge < -0.3 is 15.3 Å². The van der Waals surface area contributed by atoms with Crippen LogP contribution in [0, 0.1) is 0 Å². The number of aromatic hydroxyl groups is 1. The smallest absolute Gasteiger partial charge is 0.115 e. The maximum absolute atomic E-state index is 9.34. The summed E-state index contributed by atoms with van der Waals surface area (Å²) in [5.74, 6) is 0.339.